The standard InChI is InChI=1S/C20H23N/c1-19(2)11-12-20(3,4)18-14(19)9-10-16-17(18)13-7-5-6-8-15(13)21-16/h5-10,21H,11-12H2,1-4H3. The molecule has 0 radical (unpaired) electrons. The van der Waals surface area contributed by atoms with E-state index < -0.39 is 0 Å². The molecular weight excluding hydrogens is 254 g/mol. The number of aromatic nitrogens is 1. The average molecular weight is 277 g/mol. The zero-order chi connectivity index (χ0) is 14.8. The molecule has 0 unspecified atom stereocenters. The number of para-hydroxylation sites is 1. The van der Waals surface area contributed by atoms with Gasteiger partial charge in [-0.1, -0.05) is 52.0 Å². The largest absolute Gasteiger partial charge is 0.355 e. The molecule has 4 rings (SSSR count). The fraction of sp³-hybridized carbons (Fsp3) is 0.400. The molecule has 2 aromatic carbocycles. The summed E-state index contributed by atoms with van der Waals surface area (Å²) >= 11 is 0. The van der Waals surface area contributed by atoms with Gasteiger partial charge in [-0.15, -0.1) is 0 Å². The monoisotopic (exact) mass is 277 g/mol. The summed E-state index contributed by atoms with van der Waals surface area (Å²) in [7, 11) is 0. The van der Waals surface area contributed by atoms with Crippen molar-refractivity contribution in [1.29, 1.82) is 0 Å². The summed E-state index contributed by atoms with van der Waals surface area (Å²) in [5.74, 6) is 0. The molecule has 0 aliphatic heterocycles. The molecule has 0 amide bonds. The Balaban J connectivity index is 2.23. The van der Waals surface area contributed by atoms with E-state index in [-0.39, 0.29) is 10.8 Å². The molecule has 0 atom stereocenters. The Hall–Kier alpha value is -1.76. The predicted molar refractivity (Wildman–Crippen MR) is 91.1 cm³/mol. The normalized spacial score (nSPS) is 19.8. The van der Waals surface area contributed by atoms with Gasteiger partial charge in [-0.3, -0.25) is 0 Å². The second-order valence-electron chi connectivity index (χ2n) is 7.85. The first kappa shape index (κ1) is 12.9. The van der Waals surface area contributed by atoms with Gasteiger partial charge in [-0.25, -0.2) is 0 Å². The van der Waals surface area contributed by atoms with Crippen LogP contribution in [0.2, 0.25) is 0 Å². The van der Waals surface area contributed by atoms with Gasteiger partial charge < -0.3 is 4.98 Å². The Morgan fingerprint density at radius 3 is 2.33 bits per heavy atom. The molecule has 0 saturated carbocycles. The van der Waals surface area contributed by atoms with Crippen LogP contribution in [0.15, 0.2) is 36.4 Å². The highest BCUT2D eigenvalue weighted by Crippen LogP contribution is 2.49. The summed E-state index contributed by atoms with van der Waals surface area (Å²) in [6.07, 6.45) is 2.52. The van der Waals surface area contributed by atoms with Crippen molar-refractivity contribution in [2.24, 2.45) is 0 Å². The Kier molecular flexibility index (Phi) is 2.41. The first-order valence-corrected chi connectivity index (χ1v) is 7.95. The van der Waals surface area contributed by atoms with E-state index in [1.54, 1.807) is 5.56 Å². The van der Waals surface area contributed by atoms with Crippen LogP contribution in [-0.2, 0) is 10.8 Å². The Morgan fingerprint density at radius 1 is 0.810 bits per heavy atom. The highest BCUT2D eigenvalue weighted by atomic mass is 14.7. The molecule has 0 saturated heterocycles. The lowest BCUT2D eigenvalue weighted by Crippen LogP contribution is -2.33. The topological polar surface area (TPSA) is 15.8 Å². The number of benzene rings is 2. The van der Waals surface area contributed by atoms with Gasteiger partial charge in [0.1, 0.15) is 0 Å². The minimum Gasteiger partial charge on any atom is -0.355 e. The van der Waals surface area contributed by atoms with Gasteiger partial charge in [0.15, 0.2) is 0 Å². The number of hydrogen-bond donors (Lipinski definition) is 1. The number of hydrogen-bond acceptors (Lipinski definition) is 0. The molecule has 3 aromatic rings. The number of nitrogens with one attached hydrogen (secondary N) is 1. The minimum absolute atomic E-state index is 0.245. The number of aromatic amines is 1. The zero-order valence-corrected chi connectivity index (χ0v) is 13.4. The van der Waals surface area contributed by atoms with Crippen molar-refractivity contribution in [2.75, 3.05) is 0 Å². The minimum atomic E-state index is 0.245. The lowest BCUT2D eigenvalue weighted by molar-refractivity contribution is 0.334. The van der Waals surface area contributed by atoms with E-state index in [9.17, 15) is 0 Å². The van der Waals surface area contributed by atoms with Crippen LogP contribution >= 0.6 is 0 Å². The Bertz CT molecular complexity index is 849. The molecule has 1 aliphatic rings. The SMILES string of the molecule is CC1(C)CCC(C)(C)c2c1ccc1[nH]c3ccccc3c21. The van der Waals surface area contributed by atoms with E-state index in [0.29, 0.717) is 0 Å². The number of rotatable bonds is 0. The smallest absolute Gasteiger partial charge is 0.0468 e. The average Bonchev–Trinajstić information content (AvgIpc) is 2.82. The van der Waals surface area contributed by atoms with Crippen LogP contribution in [0.3, 0.4) is 0 Å². The van der Waals surface area contributed by atoms with E-state index >= 15 is 0 Å². The highest BCUT2D eigenvalue weighted by Gasteiger charge is 2.38. The maximum atomic E-state index is 3.59. The van der Waals surface area contributed by atoms with Crippen molar-refractivity contribution in [1.82, 2.24) is 4.98 Å². The van der Waals surface area contributed by atoms with Crippen molar-refractivity contribution in [3.8, 4) is 0 Å². The third-order valence-corrected chi connectivity index (χ3v) is 5.45. The summed E-state index contributed by atoms with van der Waals surface area (Å²) in [4.78, 5) is 3.59. The van der Waals surface area contributed by atoms with Gasteiger partial charge in [-0.05, 0) is 46.9 Å². The summed E-state index contributed by atoms with van der Waals surface area (Å²) in [5, 5.41) is 2.82. The van der Waals surface area contributed by atoms with Gasteiger partial charge in [-0.2, -0.15) is 0 Å². The second kappa shape index (κ2) is 3.91. The first-order chi connectivity index (χ1) is 9.90. The van der Waals surface area contributed by atoms with E-state index in [2.05, 4.69) is 69.1 Å². The van der Waals surface area contributed by atoms with E-state index in [0.717, 1.165) is 0 Å². The third-order valence-electron chi connectivity index (χ3n) is 5.45. The summed E-state index contributed by atoms with van der Waals surface area (Å²) < 4.78 is 0. The Morgan fingerprint density at radius 2 is 1.52 bits per heavy atom. The van der Waals surface area contributed by atoms with Crippen molar-refractivity contribution in [3.05, 3.63) is 47.5 Å². The van der Waals surface area contributed by atoms with Crippen LogP contribution in [0.5, 0.6) is 0 Å². The van der Waals surface area contributed by atoms with Crippen LogP contribution in [0.4, 0.5) is 0 Å². The van der Waals surface area contributed by atoms with Gasteiger partial charge in [0.05, 0.1) is 0 Å². The molecular formula is C20H23N. The van der Waals surface area contributed by atoms with E-state index in [4.69, 9.17) is 0 Å². The summed E-state index contributed by atoms with van der Waals surface area (Å²) in [6.45, 7) is 9.59. The lowest BCUT2D eigenvalue weighted by atomic mass is 9.62. The second-order valence-corrected chi connectivity index (χ2v) is 7.85. The van der Waals surface area contributed by atoms with Crippen LogP contribution in [0.25, 0.3) is 21.8 Å². The first-order valence-electron chi connectivity index (χ1n) is 7.95. The number of fused-ring (bicyclic) bond motifs is 5. The van der Waals surface area contributed by atoms with Crippen LogP contribution < -0.4 is 0 Å². The van der Waals surface area contributed by atoms with Crippen molar-refractivity contribution in [3.63, 3.8) is 0 Å². The molecule has 108 valence electrons. The van der Waals surface area contributed by atoms with Gasteiger partial charge in [0.2, 0.25) is 0 Å². The molecule has 1 heterocycles. The van der Waals surface area contributed by atoms with Crippen molar-refractivity contribution < 1.29 is 0 Å². The Labute approximate surface area is 126 Å². The molecule has 0 bridgehead atoms. The zero-order valence-electron chi connectivity index (χ0n) is 13.4. The van der Waals surface area contributed by atoms with E-state index in [1.807, 2.05) is 0 Å². The predicted octanol–water partition coefficient (Wildman–Crippen LogP) is 5.67. The molecule has 0 spiro atoms. The quantitative estimate of drug-likeness (QED) is 0.545. The molecule has 1 heteroatoms. The van der Waals surface area contributed by atoms with Crippen LogP contribution in [-0.4, -0.2) is 4.98 Å². The van der Waals surface area contributed by atoms with Crippen LogP contribution in [0, 0.1) is 0 Å². The number of H-pyrrole nitrogens is 1. The van der Waals surface area contributed by atoms with E-state index in [1.165, 1.54) is 40.2 Å². The molecule has 0 fully saturated rings. The molecule has 1 N–H and O–H groups in total. The summed E-state index contributed by atoms with van der Waals surface area (Å²) in [5.41, 5.74) is 6.15. The fourth-order valence-electron chi connectivity index (χ4n) is 4.09. The summed E-state index contributed by atoms with van der Waals surface area (Å²) in [6, 6.07) is 13.3. The van der Waals surface area contributed by atoms with Crippen molar-refractivity contribution >= 4 is 21.8 Å². The maximum absolute atomic E-state index is 3.59. The maximum Gasteiger partial charge on any atom is 0.0468 e. The van der Waals surface area contributed by atoms with Crippen LogP contribution in [0.1, 0.15) is 51.7 Å². The molecule has 1 aromatic heterocycles. The van der Waals surface area contributed by atoms with Gasteiger partial charge in [0.25, 0.3) is 0 Å². The van der Waals surface area contributed by atoms with Gasteiger partial charge >= 0.3 is 0 Å². The van der Waals surface area contributed by atoms with Gasteiger partial charge in [0, 0.05) is 21.8 Å². The lowest BCUT2D eigenvalue weighted by Gasteiger charge is -2.42. The fourth-order valence-corrected chi connectivity index (χ4v) is 4.09. The molecule has 21 heavy (non-hydrogen) atoms. The van der Waals surface area contributed by atoms with Crippen molar-refractivity contribution in [2.45, 2.75) is 51.4 Å². The third kappa shape index (κ3) is 1.70. The molecule has 1 aliphatic carbocycles. The molecule has 1 nitrogen and oxygen atoms in total. The highest BCUT2D eigenvalue weighted by molar-refractivity contribution is 6.09.